The zero-order valence-corrected chi connectivity index (χ0v) is 15.2. The molecule has 2 heterocycles. The molecule has 2 rings (SSSR count). The van der Waals surface area contributed by atoms with Crippen LogP contribution in [-0.4, -0.2) is 58.8 Å². The van der Waals surface area contributed by atoms with Crippen LogP contribution in [0.4, 0.5) is 5.82 Å². The van der Waals surface area contributed by atoms with Gasteiger partial charge in [0, 0.05) is 20.2 Å². The molecule has 0 saturated heterocycles. The van der Waals surface area contributed by atoms with Crippen LogP contribution in [0.15, 0.2) is 22.9 Å². The van der Waals surface area contributed by atoms with Gasteiger partial charge in [0.15, 0.2) is 5.65 Å². The number of carbonyl (C=O) groups excluding carboxylic acids is 1. The summed E-state index contributed by atoms with van der Waals surface area (Å²) in [6.07, 6.45) is 2.59. The zero-order chi connectivity index (χ0) is 16.8. The number of anilines is 1. The Bertz CT molecular complexity index is 646. The van der Waals surface area contributed by atoms with Gasteiger partial charge >= 0.3 is 0 Å². The third-order valence-corrected chi connectivity index (χ3v) is 4.21. The lowest BCUT2D eigenvalue weighted by Crippen LogP contribution is -2.43. The Labute approximate surface area is 144 Å². The summed E-state index contributed by atoms with van der Waals surface area (Å²) in [5.74, 6) is 1.06. The largest absolute Gasteiger partial charge is 0.383 e. The lowest BCUT2D eigenvalue weighted by Gasteiger charge is -2.30. The van der Waals surface area contributed by atoms with E-state index in [2.05, 4.69) is 45.2 Å². The normalized spacial score (nSPS) is 12.6. The minimum Gasteiger partial charge on any atom is -0.383 e. The molecule has 0 aliphatic heterocycles. The van der Waals surface area contributed by atoms with Crippen molar-refractivity contribution in [2.75, 3.05) is 32.1 Å². The Morgan fingerprint density at radius 2 is 2.26 bits per heavy atom. The van der Waals surface area contributed by atoms with E-state index in [1.54, 1.807) is 22.7 Å². The first-order valence-electron chi connectivity index (χ1n) is 7.51. The van der Waals surface area contributed by atoms with Crippen LogP contribution in [0.5, 0.6) is 0 Å². The summed E-state index contributed by atoms with van der Waals surface area (Å²) >= 11 is 3.40. The summed E-state index contributed by atoms with van der Waals surface area (Å²) in [5.41, 5.74) is 0.775. The standard InChI is InChI=1S/C15H22BrN5O2/c1-11(2)12(9-23-3)20(10-22)7-6-17-14-4-5-15-18-8-13(16)21(15)19-14/h4-5,8,10-12H,6-7,9H2,1-3H3,(H,17,19). The highest BCUT2D eigenvalue weighted by Gasteiger charge is 2.20. The molecule has 0 aliphatic rings. The molecule has 1 amide bonds. The van der Waals surface area contributed by atoms with Gasteiger partial charge in [0.05, 0.1) is 18.8 Å². The molecular formula is C15H22BrN5O2. The van der Waals surface area contributed by atoms with Gasteiger partial charge in [-0.25, -0.2) is 9.50 Å². The first kappa shape index (κ1) is 17.7. The van der Waals surface area contributed by atoms with Gasteiger partial charge in [0.2, 0.25) is 6.41 Å². The molecule has 0 aliphatic carbocycles. The number of nitrogens with zero attached hydrogens (tertiary/aromatic N) is 4. The van der Waals surface area contributed by atoms with E-state index in [4.69, 9.17) is 4.74 Å². The van der Waals surface area contributed by atoms with Crippen molar-refractivity contribution in [2.45, 2.75) is 19.9 Å². The molecule has 7 nitrogen and oxygen atoms in total. The molecule has 1 N–H and O–H groups in total. The lowest BCUT2D eigenvalue weighted by atomic mass is 10.0. The summed E-state index contributed by atoms with van der Waals surface area (Å²) in [6, 6.07) is 3.83. The first-order valence-corrected chi connectivity index (χ1v) is 8.30. The van der Waals surface area contributed by atoms with Crippen LogP contribution in [0.25, 0.3) is 5.65 Å². The average molecular weight is 384 g/mol. The highest BCUT2D eigenvalue weighted by Crippen LogP contribution is 2.14. The smallest absolute Gasteiger partial charge is 0.210 e. The molecule has 2 aromatic rings. The summed E-state index contributed by atoms with van der Waals surface area (Å²) < 4.78 is 7.72. The van der Waals surface area contributed by atoms with Gasteiger partial charge in [-0.3, -0.25) is 4.79 Å². The molecule has 23 heavy (non-hydrogen) atoms. The van der Waals surface area contributed by atoms with Crippen LogP contribution in [0.2, 0.25) is 0 Å². The quantitative estimate of drug-likeness (QED) is 0.670. The number of halogens is 1. The molecule has 0 fully saturated rings. The molecule has 0 bridgehead atoms. The van der Waals surface area contributed by atoms with E-state index in [1.807, 2.05) is 12.1 Å². The number of nitrogens with one attached hydrogen (secondary N) is 1. The third-order valence-electron chi connectivity index (χ3n) is 3.67. The molecule has 1 unspecified atom stereocenters. The monoisotopic (exact) mass is 383 g/mol. The van der Waals surface area contributed by atoms with E-state index >= 15 is 0 Å². The summed E-state index contributed by atoms with van der Waals surface area (Å²) in [7, 11) is 1.65. The molecule has 1 atom stereocenters. The number of hydrogen-bond donors (Lipinski definition) is 1. The highest BCUT2D eigenvalue weighted by atomic mass is 79.9. The number of imidazole rings is 1. The molecule has 2 aromatic heterocycles. The second kappa shape index (κ2) is 8.26. The molecular weight excluding hydrogens is 362 g/mol. The Morgan fingerprint density at radius 1 is 1.48 bits per heavy atom. The van der Waals surface area contributed by atoms with Crippen molar-refractivity contribution in [2.24, 2.45) is 5.92 Å². The minimum atomic E-state index is 0.0672. The van der Waals surface area contributed by atoms with Crippen molar-refractivity contribution in [3.63, 3.8) is 0 Å². The van der Waals surface area contributed by atoms with E-state index in [-0.39, 0.29) is 6.04 Å². The maximum Gasteiger partial charge on any atom is 0.210 e. The Balaban J connectivity index is 1.95. The van der Waals surface area contributed by atoms with Crippen LogP contribution in [-0.2, 0) is 9.53 Å². The van der Waals surface area contributed by atoms with E-state index < -0.39 is 0 Å². The van der Waals surface area contributed by atoms with E-state index in [0.29, 0.717) is 25.6 Å². The number of hydrogen-bond acceptors (Lipinski definition) is 5. The molecule has 0 spiro atoms. The third kappa shape index (κ3) is 4.42. The number of amides is 1. The van der Waals surface area contributed by atoms with Crippen molar-refractivity contribution < 1.29 is 9.53 Å². The number of carbonyl (C=O) groups is 1. The van der Waals surface area contributed by atoms with Crippen LogP contribution in [0, 0.1) is 5.92 Å². The SMILES string of the molecule is COCC(C(C)C)N(C=O)CCNc1ccc2ncc(Br)n2n1. The second-order valence-corrected chi connectivity index (χ2v) is 6.42. The fourth-order valence-corrected chi connectivity index (χ4v) is 2.75. The van der Waals surface area contributed by atoms with Crippen LogP contribution < -0.4 is 5.32 Å². The van der Waals surface area contributed by atoms with Gasteiger partial charge in [0.25, 0.3) is 0 Å². The van der Waals surface area contributed by atoms with Gasteiger partial charge in [-0.2, -0.15) is 0 Å². The fraction of sp³-hybridized carbons (Fsp3) is 0.533. The topological polar surface area (TPSA) is 71.8 Å². The van der Waals surface area contributed by atoms with Crippen molar-refractivity contribution in [1.29, 1.82) is 0 Å². The predicted octanol–water partition coefficient (Wildman–Crippen LogP) is 2.03. The van der Waals surface area contributed by atoms with Crippen molar-refractivity contribution in [3.8, 4) is 0 Å². The maximum atomic E-state index is 11.4. The van der Waals surface area contributed by atoms with Gasteiger partial charge in [-0.05, 0) is 34.0 Å². The van der Waals surface area contributed by atoms with Gasteiger partial charge in [-0.15, -0.1) is 5.10 Å². The predicted molar refractivity (Wildman–Crippen MR) is 92.4 cm³/mol. The van der Waals surface area contributed by atoms with Crippen molar-refractivity contribution >= 4 is 33.8 Å². The number of aromatic nitrogens is 3. The van der Waals surface area contributed by atoms with Gasteiger partial charge in [-0.1, -0.05) is 13.8 Å². The summed E-state index contributed by atoms with van der Waals surface area (Å²) in [6.45, 7) is 5.89. The maximum absolute atomic E-state index is 11.4. The average Bonchev–Trinajstić information content (AvgIpc) is 2.90. The number of fused-ring (bicyclic) bond motifs is 1. The minimum absolute atomic E-state index is 0.0672. The zero-order valence-electron chi connectivity index (χ0n) is 13.6. The summed E-state index contributed by atoms with van der Waals surface area (Å²) in [4.78, 5) is 17.3. The van der Waals surface area contributed by atoms with Gasteiger partial charge < -0.3 is 15.0 Å². The number of ether oxygens (including phenoxy) is 1. The summed E-state index contributed by atoms with van der Waals surface area (Å²) in [5, 5.41) is 7.67. The van der Waals surface area contributed by atoms with Crippen LogP contribution >= 0.6 is 15.9 Å². The Kier molecular flexibility index (Phi) is 6.35. The highest BCUT2D eigenvalue weighted by molar-refractivity contribution is 9.10. The number of rotatable bonds is 9. The van der Waals surface area contributed by atoms with Gasteiger partial charge in [0.1, 0.15) is 10.4 Å². The van der Waals surface area contributed by atoms with E-state index in [9.17, 15) is 4.79 Å². The second-order valence-electron chi connectivity index (χ2n) is 5.61. The van der Waals surface area contributed by atoms with E-state index in [1.165, 1.54) is 0 Å². The van der Waals surface area contributed by atoms with E-state index in [0.717, 1.165) is 22.5 Å². The Morgan fingerprint density at radius 3 is 2.91 bits per heavy atom. The Hall–Kier alpha value is -1.67. The lowest BCUT2D eigenvalue weighted by molar-refractivity contribution is -0.122. The number of methoxy groups -OCH3 is 1. The molecule has 126 valence electrons. The van der Waals surface area contributed by atoms with Crippen molar-refractivity contribution in [3.05, 3.63) is 22.9 Å². The van der Waals surface area contributed by atoms with Crippen LogP contribution in [0.3, 0.4) is 0 Å². The molecule has 8 heteroatoms. The van der Waals surface area contributed by atoms with Crippen LogP contribution in [0.1, 0.15) is 13.8 Å². The molecule has 0 aromatic carbocycles. The first-order chi connectivity index (χ1) is 11.1. The molecule has 0 radical (unpaired) electrons. The molecule has 0 saturated carbocycles. The van der Waals surface area contributed by atoms with Crippen molar-refractivity contribution in [1.82, 2.24) is 19.5 Å². The fourth-order valence-electron chi connectivity index (χ4n) is 2.39.